The van der Waals surface area contributed by atoms with Crippen LogP contribution in [0.4, 0.5) is 0 Å². The maximum absolute atomic E-state index is 13.0. The summed E-state index contributed by atoms with van der Waals surface area (Å²) in [6.07, 6.45) is 2.38. The SMILES string of the molecule is COc1ccc2[nH]nc(C(=O)N(C)C3CN4CCC3CC4)c2c1.O=CO. The van der Waals surface area contributed by atoms with E-state index in [1.807, 2.05) is 30.1 Å². The van der Waals surface area contributed by atoms with Crippen molar-refractivity contribution in [1.82, 2.24) is 20.0 Å². The molecule has 140 valence electrons. The fourth-order valence-electron chi connectivity index (χ4n) is 3.97. The number of piperidine rings is 3. The minimum atomic E-state index is -0.250. The second-order valence-corrected chi connectivity index (χ2v) is 6.71. The van der Waals surface area contributed by atoms with Gasteiger partial charge in [0, 0.05) is 25.0 Å². The monoisotopic (exact) mass is 360 g/mol. The molecule has 2 N–H and O–H groups in total. The predicted molar refractivity (Wildman–Crippen MR) is 96.4 cm³/mol. The number of aromatic nitrogens is 2. The summed E-state index contributed by atoms with van der Waals surface area (Å²) in [5, 5.41) is 14.9. The van der Waals surface area contributed by atoms with Crippen LogP contribution in [0.2, 0.25) is 0 Å². The molecule has 8 heteroatoms. The van der Waals surface area contributed by atoms with Crippen molar-refractivity contribution in [2.75, 3.05) is 33.8 Å². The first kappa shape index (κ1) is 18.2. The third kappa shape index (κ3) is 3.37. The van der Waals surface area contributed by atoms with Gasteiger partial charge in [-0.1, -0.05) is 0 Å². The number of hydrogen-bond acceptors (Lipinski definition) is 5. The van der Waals surface area contributed by atoms with Crippen LogP contribution < -0.4 is 4.74 Å². The molecule has 3 aliphatic heterocycles. The van der Waals surface area contributed by atoms with Gasteiger partial charge in [0.05, 0.1) is 12.6 Å². The molecule has 1 aromatic heterocycles. The standard InChI is InChI=1S/C17H22N4O2.CH2O2/c1-20(15-10-21-7-5-11(15)6-8-21)17(22)16-13-9-12(23-2)3-4-14(13)18-19-16;2-1-3/h3-4,9,11,15H,5-8,10H2,1-2H3,(H,18,19);1H,(H,2,3). The van der Waals surface area contributed by atoms with Crippen LogP contribution in [0.5, 0.6) is 5.75 Å². The first-order valence-corrected chi connectivity index (χ1v) is 8.68. The molecule has 1 aromatic carbocycles. The van der Waals surface area contributed by atoms with Gasteiger partial charge in [0.15, 0.2) is 5.69 Å². The third-order valence-corrected chi connectivity index (χ3v) is 5.41. The number of benzene rings is 1. The van der Waals surface area contributed by atoms with Crippen LogP contribution in [-0.2, 0) is 4.79 Å². The lowest BCUT2D eigenvalue weighted by atomic mass is 9.83. The molecular weight excluding hydrogens is 336 g/mol. The van der Waals surface area contributed by atoms with Crippen molar-refractivity contribution < 1.29 is 19.4 Å². The van der Waals surface area contributed by atoms with Gasteiger partial charge in [0.1, 0.15) is 5.75 Å². The first-order chi connectivity index (χ1) is 12.6. The zero-order valence-electron chi connectivity index (χ0n) is 15.0. The van der Waals surface area contributed by atoms with Crippen LogP contribution in [0.15, 0.2) is 18.2 Å². The number of nitrogens with zero attached hydrogens (tertiary/aromatic N) is 3. The molecule has 0 saturated carbocycles. The molecule has 5 rings (SSSR count). The third-order valence-electron chi connectivity index (χ3n) is 5.41. The van der Waals surface area contributed by atoms with Crippen LogP contribution in [0.1, 0.15) is 23.3 Å². The zero-order chi connectivity index (χ0) is 18.7. The van der Waals surface area contributed by atoms with E-state index in [4.69, 9.17) is 14.6 Å². The number of carbonyl (C=O) groups is 2. The van der Waals surface area contributed by atoms with Crippen LogP contribution in [0, 0.1) is 5.92 Å². The summed E-state index contributed by atoms with van der Waals surface area (Å²) in [6, 6.07) is 5.93. The lowest BCUT2D eigenvalue weighted by Crippen LogP contribution is -2.57. The van der Waals surface area contributed by atoms with Crippen LogP contribution >= 0.6 is 0 Å². The second-order valence-electron chi connectivity index (χ2n) is 6.71. The van der Waals surface area contributed by atoms with Gasteiger partial charge in [-0.05, 0) is 50.0 Å². The van der Waals surface area contributed by atoms with Crippen LogP contribution in [0.25, 0.3) is 10.9 Å². The zero-order valence-corrected chi connectivity index (χ0v) is 15.0. The van der Waals surface area contributed by atoms with Crippen molar-refractivity contribution in [2.45, 2.75) is 18.9 Å². The topological polar surface area (TPSA) is 98.8 Å². The van der Waals surface area contributed by atoms with E-state index < -0.39 is 0 Å². The highest BCUT2D eigenvalue weighted by molar-refractivity contribution is 6.05. The fraction of sp³-hybridized carbons (Fsp3) is 0.500. The van der Waals surface area contributed by atoms with E-state index in [2.05, 4.69) is 15.1 Å². The highest BCUT2D eigenvalue weighted by atomic mass is 16.5. The molecule has 1 amide bonds. The molecule has 3 fully saturated rings. The Kier molecular flexibility index (Phi) is 5.41. The number of fused-ring (bicyclic) bond motifs is 4. The molecule has 0 spiro atoms. The summed E-state index contributed by atoms with van der Waals surface area (Å²) in [5.41, 5.74) is 1.34. The fourth-order valence-corrected chi connectivity index (χ4v) is 3.97. The summed E-state index contributed by atoms with van der Waals surface area (Å²) < 4.78 is 5.27. The van der Waals surface area contributed by atoms with E-state index in [0.29, 0.717) is 17.7 Å². The maximum Gasteiger partial charge on any atom is 0.290 e. The number of hydrogen-bond donors (Lipinski definition) is 2. The van der Waals surface area contributed by atoms with Crippen molar-refractivity contribution in [1.29, 1.82) is 0 Å². The average Bonchev–Trinajstić information content (AvgIpc) is 3.11. The highest BCUT2D eigenvalue weighted by Crippen LogP contribution is 2.31. The van der Waals surface area contributed by atoms with E-state index >= 15 is 0 Å². The van der Waals surface area contributed by atoms with E-state index in [-0.39, 0.29) is 12.4 Å². The van der Waals surface area contributed by atoms with Gasteiger partial charge in [-0.15, -0.1) is 0 Å². The Labute approximate surface area is 151 Å². The number of amides is 1. The van der Waals surface area contributed by atoms with Gasteiger partial charge in [-0.2, -0.15) is 5.10 Å². The van der Waals surface area contributed by atoms with Gasteiger partial charge >= 0.3 is 0 Å². The number of aromatic amines is 1. The number of H-pyrrole nitrogens is 1. The number of carbonyl (C=O) groups excluding carboxylic acids is 1. The van der Waals surface area contributed by atoms with Gasteiger partial charge in [-0.3, -0.25) is 14.7 Å². The highest BCUT2D eigenvalue weighted by Gasteiger charge is 2.38. The molecule has 4 heterocycles. The minimum absolute atomic E-state index is 0.0109. The predicted octanol–water partition coefficient (Wildman–Crippen LogP) is 1.44. The molecule has 0 aliphatic carbocycles. The lowest BCUT2D eigenvalue weighted by Gasteiger charge is -2.47. The number of carboxylic acid groups (broad SMARTS) is 1. The maximum atomic E-state index is 13.0. The van der Waals surface area contributed by atoms with Gasteiger partial charge in [0.25, 0.3) is 12.4 Å². The van der Waals surface area contributed by atoms with Crippen molar-refractivity contribution in [3.63, 3.8) is 0 Å². The minimum Gasteiger partial charge on any atom is -0.497 e. The Hall–Kier alpha value is -2.61. The molecule has 3 saturated heterocycles. The van der Waals surface area contributed by atoms with E-state index in [0.717, 1.165) is 23.2 Å². The Balaban J connectivity index is 0.000000613. The second kappa shape index (κ2) is 7.74. The first-order valence-electron chi connectivity index (χ1n) is 8.68. The molecule has 3 aliphatic rings. The molecule has 26 heavy (non-hydrogen) atoms. The van der Waals surface area contributed by atoms with E-state index in [1.54, 1.807) is 7.11 Å². The normalized spacial score (nSPS) is 23.8. The number of likely N-dealkylation sites (N-methyl/N-ethyl adjacent to an activating group) is 1. The molecule has 1 unspecified atom stereocenters. The summed E-state index contributed by atoms with van der Waals surface area (Å²) >= 11 is 0. The van der Waals surface area contributed by atoms with Crippen molar-refractivity contribution in [3.8, 4) is 5.75 Å². The number of nitrogens with one attached hydrogen (secondary N) is 1. The molecule has 0 radical (unpaired) electrons. The van der Waals surface area contributed by atoms with Crippen molar-refractivity contribution in [2.24, 2.45) is 5.92 Å². The molecule has 8 nitrogen and oxygen atoms in total. The molecular formula is C18H24N4O4. The van der Waals surface area contributed by atoms with Crippen molar-refractivity contribution in [3.05, 3.63) is 23.9 Å². The Morgan fingerprint density at radius 3 is 2.69 bits per heavy atom. The smallest absolute Gasteiger partial charge is 0.290 e. The summed E-state index contributed by atoms with van der Waals surface area (Å²) in [5.74, 6) is 1.34. The number of rotatable bonds is 3. The Morgan fingerprint density at radius 2 is 2.12 bits per heavy atom. The Bertz CT molecular complexity index is 783. The Morgan fingerprint density at radius 1 is 1.42 bits per heavy atom. The lowest BCUT2D eigenvalue weighted by molar-refractivity contribution is -0.122. The molecule has 2 bridgehead atoms. The van der Waals surface area contributed by atoms with Crippen molar-refractivity contribution >= 4 is 23.3 Å². The van der Waals surface area contributed by atoms with E-state index in [1.165, 1.54) is 25.9 Å². The van der Waals surface area contributed by atoms with Crippen LogP contribution in [-0.4, -0.2) is 77.3 Å². The van der Waals surface area contributed by atoms with Gasteiger partial charge < -0.3 is 19.6 Å². The number of ether oxygens (including phenoxy) is 1. The summed E-state index contributed by atoms with van der Waals surface area (Å²) in [4.78, 5) is 25.7. The largest absolute Gasteiger partial charge is 0.497 e. The van der Waals surface area contributed by atoms with Crippen LogP contribution in [0.3, 0.4) is 0 Å². The molecule has 1 atom stereocenters. The van der Waals surface area contributed by atoms with Gasteiger partial charge in [-0.25, -0.2) is 0 Å². The summed E-state index contributed by atoms with van der Waals surface area (Å²) in [7, 11) is 3.54. The van der Waals surface area contributed by atoms with E-state index in [9.17, 15) is 4.79 Å². The number of methoxy groups -OCH3 is 1. The average molecular weight is 360 g/mol. The summed E-state index contributed by atoms with van der Waals surface area (Å²) in [6.45, 7) is 3.08. The van der Waals surface area contributed by atoms with Gasteiger partial charge in [0.2, 0.25) is 0 Å². The molecule has 2 aromatic rings. The quantitative estimate of drug-likeness (QED) is 0.804.